The van der Waals surface area contributed by atoms with Crippen LogP contribution in [0.15, 0.2) is 24.3 Å². The number of carbonyl (C=O) groups excluding carboxylic acids is 2. The third-order valence-corrected chi connectivity index (χ3v) is 3.14. The number of nitrogens with one attached hydrogen (secondary N) is 2. The quantitative estimate of drug-likeness (QED) is 0.758. The van der Waals surface area contributed by atoms with Crippen LogP contribution in [0.25, 0.3) is 0 Å². The van der Waals surface area contributed by atoms with Gasteiger partial charge in [-0.1, -0.05) is 19.1 Å². The minimum atomic E-state index is -0.329. The summed E-state index contributed by atoms with van der Waals surface area (Å²) in [5.74, 6) is -0.337. The van der Waals surface area contributed by atoms with Gasteiger partial charge in [-0.2, -0.15) is 0 Å². The zero-order valence-electron chi connectivity index (χ0n) is 13.1. The second-order valence-corrected chi connectivity index (χ2v) is 4.91. The molecule has 2 unspecified atom stereocenters. The lowest BCUT2D eigenvalue weighted by Gasteiger charge is -2.21. The van der Waals surface area contributed by atoms with Gasteiger partial charge in [0, 0.05) is 18.7 Å². The largest absolute Gasteiger partial charge is 0.465 e. The van der Waals surface area contributed by atoms with Gasteiger partial charge < -0.3 is 10.1 Å². The van der Waals surface area contributed by atoms with Gasteiger partial charge in [0.1, 0.15) is 6.04 Å². The van der Waals surface area contributed by atoms with Crippen molar-refractivity contribution in [1.29, 1.82) is 0 Å². The summed E-state index contributed by atoms with van der Waals surface area (Å²) in [4.78, 5) is 22.9. The van der Waals surface area contributed by atoms with Crippen LogP contribution in [0.3, 0.4) is 0 Å². The maximum atomic E-state index is 11.8. The lowest BCUT2D eigenvalue weighted by Crippen LogP contribution is -2.39. The minimum absolute atomic E-state index is 0.0203. The summed E-state index contributed by atoms with van der Waals surface area (Å²) in [5, 5.41) is 6.01. The van der Waals surface area contributed by atoms with Crippen LogP contribution in [-0.4, -0.2) is 24.5 Å². The van der Waals surface area contributed by atoms with Crippen LogP contribution in [0, 0.1) is 0 Å². The van der Waals surface area contributed by atoms with Gasteiger partial charge in [-0.15, -0.1) is 0 Å². The van der Waals surface area contributed by atoms with E-state index < -0.39 is 0 Å². The molecule has 21 heavy (non-hydrogen) atoms. The zero-order valence-corrected chi connectivity index (χ0v) is 13.1. The van der Waals surface area contributed by atoms with Gasteiger partial charge in [-0.25, -0.2) is 0 Å². The molecule has 1 aromatic rings. The monoisotopic (exact) mass is 292 g/mol. The Labute approximate surface area is 126 Å². The lowest BCUT2D eigenvalue weighted by molar-refractivity contribution is -0.146. The van der Waals surface area contributed by atoms with Crippen LogP contribution in [0.1, 0.15) is 45.7 Å². The summed E-state index contributed by atoms with van der Waals surface area (Å²) in [7, 11) is 0. The predicted molar refractivity (Wildman–Crippen MR) is 83.0 cm³/mol. The molecule has 0 saturated carbocycles. The van der Waals surface area contributed by atoms with Crippen LogP contribution in [-0.2, 0) is 14.3 Å². The number of hydrogen-bond donors (Lipinski definition) is 2. The van der Waals surface area contributed by atoms with Gasteiger partial charge in [-0.05, 0) is 38.0 Å². The summed E-state index contributed by atoms with van der Waals surface area (Å²) in [6, 6.07) is 7.22. The van der Waals surface area contributed by atoms with Gasteiger partial charge in [0.15, 0.2) is 0 Å². The predicted octanol–water partition coefficient (Wildman–Crippen LogP) is 2.64. The molecule has 2 N–H and O–H groups in total. The van der Waals surface area contributed by atoms with Gasteiger partial charge in [-0.3, -0.25) is 14.9 Å². The van der Waals surface area contributed by atoms with Crippen LogP contribution in [0.5, 0.6) is 0 Å². The molecule has 0 aromatic heterocycles. The highest BCUT2D eigenvalue weighted by molar-refractivity contribution is 5.88. The summed E-state index contributed by atoms with van der Waals surface area (Å²) >= 11 is 0. The van der Waals surface area contributed by atoms with Crippen molar-refractivity contribution in [2.45, 2.75) is 46.2 Å². The second-order valence-electron chi connectivity index (χ2n) is 4.91. The summed E-state index contributed by atoms with van der Waals surface area (Å²) in [6.45, 7) is 7.57. The third-order valence-electron chi connectivity index (χ3n) is 3.14. The Hall–Kier alpha value is -1.88. The summed E-state index contributed by atoms with van der Waals surface area (Å²) in [5.41, 5.74) is 1.75. The zero-order chi connectivity index (χ0) is 15.8. The molecule has 0 aliphatic heterocycles. The van der Waals surface area contributed by atoms with E-state index in [9.17, 15) is 9.59 Å². The van der Waals surface area contributed by atoms with Crippen LogP contribution in [0.4, 0.5) is 5.69 Å². The first kappa shape index (κ1) is 17.2. The molecule has 0 bridgehead atoms. The summed E-state index contributed by atoms with van der Waals surface area (Å²) < 4.78 is 5.05. The molecule has 0 aliphatic carbocycles. The minimum Gasteiger partial charge on any atom is -0.465 e. The molecular formula is C16H24N2O3. The van der Waals surface area contributed by atoms with Crippen molar-refractivity contribution >= 4 is 17.6 Å². The average Bonchev–Trinajstić information content (AvgIpc) is 2.44. The first-order valence-electron chi connectivity index (χ1n) is 7.28. The van der Waals surface area contributed by atoms with E-state index in [4.69, 9.17) is 4.74 Å². The van der Waals surface area contributed by atoms with Crippen molar-refractivity contribution in [3.8, 4) is 0 Å². The molecular weight excluding hydrogens is 268 g/mol. The Kier molecular flexibility index (Phi) is 6.88. The van der Waals surface area contributed by atoms with E-state index in [2.05, 4.69) is 10.6 Å². The number of carbonyl (C=O) groups is 2. The van der Waals surface area contributed by atoms with Gasteiger partial charge >= 0.3 is 5.97 Å². The summed E-state index contributed by atoms with van der Waals surface area (Å²) in [6.07, 6.45) is 0.661. The molecule has 1 amide bonds. The second kappa shape index (κ2) is 8.42. The van der Waals surface area contributed by atoms with E-state index in [0.29, 0.717) is 13.0 Å². The number of rotatable bonds is 7. The normalized spacial score (nSPS) is 13.3. The molecule has 1 aromatic carbocycles. The Balaban J connectivity index is 2.75. The SMILES string of the molecule is CCOC(=O)C(CC)NC(C)c1cccc(NC(C)=O)c1. The lowest BCUT2D eigenvalue weighted by atomic mass is 10.1. The van der Waals surface area contributed by atoms with E-state index in [1.165, 1.54) is 6.92 Å². The number of benzene rings is 1. The van der Waals surface area contributed by atoms with Crippen LogP contribution >= 0.6 is 0 Å². The van der Waals surface area contributed by atoms with E-state index in [1.54, 1.807) is 6.92 Å². The smallest absolute Gasteiger partial charge is 0.323 e. The molecule has 2 atom stereocenters. The van der Waals surface area contributed by atoms with Crippen molar-refractivity contribution in [3.63, 3.8) is 0 Å². The van der Waals surface area contributed by atoms with Crippen LogP contribution in [0.2, 0.25) is 0 Å². The molecule has 0 heterocycles. The maximum absolute atomic E-state index is 11.8. The fourth-order valence-electron chi connectivity index (χ4n) is 2.08. The first-order chi connectivity index (χ1) is 9.97. The Morgan fingerprint density at radius 2 is 2.00 bits per heavy atom. The molecule has 0 radical (unpaired) electrons. The van der Waals surface area contributed by atoms with Crippen molar-refractivity contribution in [2.75, 3.05) is 11.9 Å². The molecule has 5 nitrogen and oxygen atoms in total. The Morgan fingerprint density at radius 1 is 1.29 bits per heavy atom. The highest BCUT2D eigenvalue weighted by Crippen LogP contribution is 2.18. The molecule has 0 spiro atoms. The Morgan fingerprint density at radius 3 is 2.57 bits per heavy atom. The molecule has 0 aliphatic rings. The van der Waals surface area contributed by atoms with E-state index in [-0.39, 0.29) is 24.0 Å². The van der Waals surface area contributed by atoms with Gasteiger partial charge in [0.2, 0.25) is 5.91 Å². The molecule has 0 saturated heterocycles. The maximum Gasteiger partial charge on any atom is 0.323 e. The van der Waals surface area contributed by atoms with Crippen molar-refractivity contribution in [2.24, 2.45) is 0 Å². The van der Waals surface area contributed by atoms with Gasteiger partial charge in [0.05, 0.1) is 6.61 Å². The fraction of sp³-hybridized carbons (Fsp3) is 0.500. The number of hydrogen-bond acceptors (Lipinski definition) is 4. The number of ether oxygens (including phenoxy) is 1. The fourth-order valence-corrected chi connectivity index (χ4v) is 2.08. The Bertz CT molecular complexity index is 488. The topological polar surface area (TPSA) is 67.4 Å². The first-order valence-corrected chi connectivity index (χ1v) is 7.28. The molecule has 1 rings (SSSR count). The van der Waals surface area contributed by atoms with E-state index in [1.807, 2.05) is 38.1 Å². The number of anilines is 1. The van der Waals surface area contributed by atoms with E-state index >= 15 is 0 Å². The number of amides is 1. The highest BCUT2D eigenvalue weighted by atomic mass is 16.5. The molecule has 116 valence electrons. The number of esters is 1. The molecule has 0 fully saturated rings. The van der Waals surface area contributed by atoms with E-state index in [0.717, 1.165) is 11.3 Å². The van der Waals surface area contributed by atoms with Gasteiger partial charge in [0.25, 0.3) is 0 Å². The average molecular weight is 292 g/mol. The van der Waals surface area contributed by atoms with Crippen molar-refractivity contribution < 1.29 is 14.3 Å². The standard InChI is InChI=1S/C16H24N2O3/c1-5-15(16(20)21-6-2)17-11(3)13-8-7-9-14(10-13)18-12(4)19/h7-11,15,17H,5-6H2,1-4H3,(H,18,19). The molecule has 5 heteroatoms. The van der Waals surface area contributed by atoms with Crippen LogP contribution < -0.4 is 10.6 Å². The highest BCUT2D eigenvalue weighted by Gasteiger charge is 2.20. The van der Waals surface area contributed by atoms with Crippen molar-refractivity contribution in [1.82, 2.24) is 5.32 Å². The third kappa shape index (κ3) is 5.55. The van der Waals surface area contributed by atoms with Crippen molar-refractivity contribution in [3.05, 3.63) is 29.8 Å².